The van der Waals surface area contributed by atoms with Gasteiger partial charge in [-0.25, -0.2) is 4.79 Å². The minimum atomic E-state index is -0.557. The van der Waals surface area contributed by atoms with Gasteiger partial charge in [-0.15, -0.1) is 11.8 Å². The van der Waals surface area contributed by atoms with Crippen molar-refractivity contribution in [3.8, 4) is 0 Å². The van der Waals surface area contributed by atoms with E-state index in [1.165, 1.54) is 18.2 Å². The number of likely N-dealkylation sites (N-methyl/N-ethyl adjacent to an activating group) is 1. The van der Waals surface area contributed by atoms with Crippen molar-refractivity contribution < 1.29 is 19.1 Å². The average Bonchev–Trinajstić information content (AvgIpc) is 2.65. The van der Waals surface area contributed by atoms with Crippen LogP contribution in [0.25, 0.3) is 0 Å². The molecule has 1 aliphatic carbocycles. The number of carbonyl (C=O) groups excluding carboxylic acids is 3. The van der Waals surface area contributed by atoms with Crippen molar-refractivity contribution in [1.29, 1.82) is 0 Å². The monoisotopic (exact) mass is 362 g/mol. The molecule has 0 bridgehead atoms. The molecule has 2 amide bonds. The molecule has 0 saturated heterocycles. The van der Waals surface area contributed by atoms with Crippen LogP contribution in [0.3, 0.4) is 0 Å². The van der Waals surface area contributed by atoms with Crippen LogP contribution in [0, 0.1) is 0 Å². The zero-order valence-corrected chi connectivity index (χ0v) is 15.1. The van der Waals surface area contributed by atoms with Crippen molar-refractivity contribution in [3.63, 3.8) is 0 Å². The fourth-order valence-electron chi connectivity index (χ4n) is 3.19. The van der Waals surface area contributed by atoms with Gasteiger partial charge in [0.2, 0.25) is 5.91 Å². The minimum Gasteiger partial charge on any atom is -0.452 e. The predicted octanol–water partition coefficient (Wildman–Crippen LogP) is 2.68. The highest BCUT2D eigenvalue weighted by molar-refractivity contribution is 8.00. The zero-order chi connectivity index (χ0) is 17.8. The average molecular weight is 362 g/mol. The van der Waals surface area contributed by atoms with Crippen molar-refractivity contribution in [3.05, 3.63) is 23.8 Å². The molecule has 3 rings (SSSR count). The Kier molecular flexibility index (Phi) is 5.63. The SMILES string of the molecule is CN(C(=O)COC(=O)c1ccc2c(c1)NC(=O)CS2)C1CCCCC1. The first-order chi connectivity index (χ1) is 12.0. The highest BCUT2D eigenvalue weighted by Crippen LogP contribution is 2.32. The molecule has 0 aromatic heterocycles. The Bertz CT molecular complexity index is 686. The van der Waals surface area contributed by atoms with E-state index < -0.39 is 5.97 Å². The van der Waals surface area contributed by atoms with Crippen LogP contribution in [0.2, 0.25) is 0 Å². The molecular weight excluding hydrogens is 340 g/mol. The van der Waals surface area contributed by atoms with Crippen LogP contribution < -0.4 is 5.32 Å². The molecule has 1 fully saturated rings. The lowest BCUT2D eigenvalue weighted by Crippen LogP contribution is -2.40. The molecule has 0 radical (unpaired) electrons. The Balaban J connectivity index is 1.56. The summed E-state index contributed by atoms with van der Waals surface area (Å²) in [5.41, 5.74) is 0.941. The van der Waals surface area contributed by atoms with Crippen LogP contribution in [0.5, 0.6) is 0 Å². The summed E-state index contributed by atoms with van der Waals surface area (Å²) in [6.07, 6.45) is 5.53. The molecule has 7 heteroatoms. The number of fused-ring (bicyclic) bond motifs is 1. The van der Waals surface area contributed by atoms with Gasteiger partial charge in [-0.2, -0.15) is 0 Å². The summed E-state index contributed by atoms with van der Waals surface area (Å²) in [7, 11) is 1.78. The molecule has 0 unspecified atom stereocenters. The van der Waals surface area contributed by atoms with E-state index in [0.29, 0.717) is 17.0 Å². The van der Waals surface area contributed by atoms with Gasteiger partial charge in [0.05, 0.1) is 17.0 Å². The van der Waals surface area contributed by atoms with Gasteiger partial charge >= 0.3 is 5.97 Å². The Morgan fingerprint density at radius 3 is 2.80 bits per heavy atom. The quantitative estimate of drug-likeness (QED) is 0.834. The van der Waals surface area contributed by atoms with Crippen molar-refractivity contribution in [2.24, 2.45) is 0 Å². The number of hydrogen-bond donors (Lipinski definition) is 1. The van der Waals surface area contributed by atoms with E-state index in [4.69, 9.17) is 4.74 Å². The van der Waals surface area contributed by atoms with E-state index >= 15 is 0 Å². The normalized spacial score (nSPS) is 17.4. The Hall–Kier alpha value is -2.02. The summed E-state index contributed by atoms with van der Waals surface area (Å²) in [6, 6.07) is 5.28. The number of nitrogens with one attached hydrogen (secondary N) is 1. The number of esters is 1. The Morgan fingerprint density at radius 1 is 1.28 bits per heavy atom. The number of thioether (sulfide) groups is 1. The second kappa shape index (κ2) is 7.91. The summed E-state index contributed by atoms with van der Waals surface area (Å²) >= 11 is 1.43. The lowest BCUT2D eigenvalue weighted by atomic mass is 9.94. The van der Waals surface area contributed by atoms with Crippen molar-refractivity contribution in [1.82, 2.24) is 4.90 Å². The number of ether oxygens (including phenoxy) is 1. The fraction of sp³-hybridized carbons (Fsp3) is 0.500. The van der Waals surface area contributed by atoms with Crippen molar-refractivity contribution >= 4 is 35.2 Å². The highest BCUT2D eigenvalue weighted by Gasteiger charge is 2.23. The highest BCUT2D eigenvalue weighted by atomic mass is 32.2. The summed E-state index contributed by atoms with van der Waals surface area (Å²) < 4.78 is 5.17. The largest absolute Gasteiger partial charge is 0.452 e. The van der Waals surface area contributed by atoms with Crippen LogP contribution in [0.1, 0.15) is 42.5 Å². The fourth-order valence-corrected chi connectivity index (χ4v) is 3.98. The first-order valence-corrected chi connectivity index (χ1v) is 9.52. The smallest absolute Gasteiger partial charge is 0.338 e. The third-order valence-electron chi connectivity index (χ3n) is 4.69. The molecule has 1 aliphatic heterocycles. The number of benzene rings is 1. The third kappa shape index (κ3) is 4.34. The molecule has 6 nitrogen and oxygen atoms in total. The van der Waals surface area contributed by atoms with Crippen LogP contribution in [-0.4, -0.2) is 48.1 Å². The lowest BCUT2D eigenvalue weighted by molar-refractivity contribution is -0.135. The Morgan fingerprint density at radius 2 is 2.04 bits per heavy atom. The van der Waals surface area contributed by atoms with Crippen molar-refractivity contribution in [2.75, 3.05) is 24.7 Å². The summed E-state index contributed by atoms with van der Waals surface area (Å²) in [5.74, 6) is -0.453. The van der Waals surface area contributed by atoms with Crippen LogP contribution in [-0.2, 0) is 14.3 Å². The number of carbonyl (C=O) groups is 3. The minimum absolute atomic E-state index is 0.0905. The summed E-state index contributed by atoms with van der Waals surface area (Å²) in [4.78, 5) is 38.5. The molecule has 1 N–H and O–H groups in total. The van der Waals surface area contributed by atoms with E-state index in [0.717, 1.165) is 30.6 Å². The maximum atomic E-state index is 12.2. The van der Waals surface area contributed by atoms with Crippen LogP contribution >= 0.6 is 11.8 Å². The second-order valence-corrected chi connectivity index (χ2v) is 7.44. The van der Waals surface area contributed by atoms with Gasteiger partial charge in [0.1, 0.15) is 0 Å². The molecule has 0 atom stereocenters. The van der Waals surface area contributed by atoms with Gasteiger partial charge in [-0.1, -0.05) is 19.3 Å². The molecule has 134 valence electrons. The molecule has 2 aliphatic rings. The Labute approximate surface area is 151 Å². The van der Waals surface area contributed by atoms with Gasteiger partial charge in [0.25, 0.3) is 5.91 Å². The molecule has 1 aromatic rings. The van der Waals surface area contributed by atoms with E-state index in [-0.39, 0.29) is 24.5 Å². The van der Waals surface area contributed by atoms with E-state index in [2.05, 4.69) is 5.32 Å². The maximum Gasteiger partial charge on any atom is 0.338 e. The first kappa shape index (κ1) is 17.8. The first-order valence-electron chi connectivity index (χ1n) is 8.54. The summed E-state index contributed by atoms with van der Waals surface area (Å²) in [6.45, 7) is -0.260. The second-order valence-electron chi connectivity index (χ2n) is 6.42. The van der Waals surface area contributed by atoms with Gasteiger partial charge in [-0.3, -0.25) is 9.59 Å². The number of anilines is 1. The standard InChI is InChI=1S/C18H22N2O4S/c1-20(13-5-3-2-4-6-13)17(22)10-24-18(23)12-7-8-15-14(9-12)19-16(21)11-25-15/h7-9,13H,2-6,10-11H2,1H3,(H,19,21). The van der Waals surface area contributed by atoms with Gasteiger partial charge in [0.15, 0.2) is 6.61 Å². The molecular formula is C18H22N2O4S. The maximum absolute atomic E-state index is 12.2. The molecule has 25 heavy (non-hydrogen) atoms. The third-order valence-corrected chi connectivity index (χ3v) is 5.76. The zero-order valence-electron chi connectivity index (χ0n) is 14.2. The van der Waals surface area contributed by atoms with Gasteiger partial charge < -0.3 is 15.0 Å². The number of amides is 2. The van der Waals surface area contributed by atoms with Crippen LogP contribution in [0.4, 0.5) is 5.69 Å². The number of hydrogen-bond acceptors (Lipinski definition) is 5. The van der Waals surface area contributed by atoms with Crippen LogP contribution in [0.15, 0.2) is 23.1 Å². The lowest BCUT2D eigenvalue weighted by Gasteiger charge is -2.31. The predicted molar refractivity (Wildman–Crippen MR) is 95.7 cm³/mol. The molecule has 1 aromatic carbocycles. The van der Waals surface area contributed by atoms with E-state index in [9.17, 15) is 14.4 Å². The topological polar surface area (TPSA) is 75.7 Å². The van der Waals surface area contributed by atoms with Gasteiger partial charge in [-0.05, 0) is 31.0 Å². The number of rotatable bonds is 4. The molecule has 0 spiro atoms. The summed E-state index contributed by atoms with van der Waals surface area (Å²) in [5, 5.41) is 2.74. The van der Waals surface area contributed by atoms with Crippen molar-refractivity contribution in [2.45, 2.75) is 43.0 Å². The van der Waals surface area contributed by atoms with E-state index in [1.807, 2.05) is 0 Å². The molecule has 1 heterocycles. The number of nitrogens with zero attached hydrogens (tertiary/aromatic N) is 1. The van der Waals surface area contributed by atoms with E-state index in [1.54, 1.807) is 30.1 Å². The van der Waals surface area contributed by atoms with Gasteiger partial charge in [0, 0.05) is 18.0 Å². The molecule has 1 saturated carbocycles.